The summed E-state index contributed by atoms with van der Waals surface area (Å²) in [6, 6.07) is 4.50. The Morgan fingerprint density at radius 3 is 2.95 bits per heavy atom. The summed E-state index contributed by atoms with van der Waals surface area (Å²) in [4.78, 5) is 25.2. The molecule has 1 unspecified atom stereocenters. The monoisotopic (exact) mass is 326 g/mol. The minimum atomic E-state index is -0.628. The first kappa shape index (κ1) is 16.6. The minimum Gasteiger partial charge on any atom is -0.483 e. The number of hydrogen-bond donors (Lipinski definition) is 1. The maximum Gasteiger partial charge on any atom is 0.260 e. The lowest BCUT2D eigenvalue weighted by Gasteiger charge is -2.32. The third kappa shape index (κ3) is 4.11. The maximum atomic E-state index is 12.2. The van der Waals surface area contributed by atoms with E-state index in [2.05, 4.69) is 0 Å². The first-order valence-corrected chi connectivity index (χ1v) is 7.50. The largest absolute Gasteiger partial charge is 0.483 e. The van der Waals surface area contributed by atoms with Crippen LogP contribution in [0.1, 0.15) is 23.7 Å². The zero-order valence-corrected chi connectivity index (χ0v) is 13.1. The second-order valence-electron chi connectivity index (χ2n) is 5.03. The summed E-state index contributed by atoms with van der Waals surface area (Å²) in [5, 5.41) is 0.407. The number of primary amides is 1. The van der Waals surface area contributed by atoms with Crippen molar-refractivity contribution >= 4 is 23.4 Å². The molecule has 0 saturated carbocycles. The van der Waals surface area contributed by atoms with Crippen molar-refractivity contribution in [3.05, 3.63) is 28.8 Å². The lowest BCUT2D eigenvalue weighted by molar-refractivity contribution is -0.141. The molecule has 22 heavy (non-hydrogen) atoms. The number of nitrogens with two attached hydrogens (primary N) is 1. The summed E-state index contributed by atoms with van der Waals surface area (Å²) >= 11 is 5.88. The smallest absolute Gasteiger partial charge is 0.260 e. The van der Waals surface area contributed by atoms with E-state index in [1.54, 1.807) is 11.0 Å². The first-order chi connectivity index (χ1) is 10.5. The van der Waals surface area contributed by atoms with E-state index < -0.39 is 5.91 Å². The topological polar surface area (TPSA) is 81.9 Å². The van der Waals surface area contributed by atoms with Crippen LogP contribution in [0.5, 0.6) is 5.75 Å². The molecular formula is C15H19ClN2O4. The molecule has 7 heteroatoms. The summed E-state index contributed by atoms with van der Waals surface area (Å²) < 4.78 is 11.0. The van der Waals surface area contributed by atoms with E-state index in [0.717, 1.165) is 6.42 Å². The van der Waals surface area contributed by atoms with E-state index in [9.17, 15) is 9.59 Å². The Morgan fingerprint density at radius 2 is 2.27 bits per heavy atom. The summed E-state index contributed by atoms with van der Waals surface area (Å²) in [5.41, 5.74) is 5.48. The van der Waals surface area contributed by atoms with Crippen LogP contribution in [-0.4, -0.2) is 49.1 Å². The van der Waals surface area contributed by atoms with Crippen molar-refractivity contribution in [3.63, 3.8) is 0 Å². The number of morpholine rings is 1. The summed E-state index contributed by atoms with van der Waals surface area (Å²) in [6.45, 7) is 3.46. The molecule has 0 bridgehead atoms. The molecule has 120 valence electrons. The highest BCUT2D eigenvalue weighted by molar-refractivity contribution is 6.30. The number of nitrogens with zero attached hydrogens (tertiary/aromatic N) is 1. The van der Waals surface area contributed by atoms with Crippen LogP contribution >= 0.6 is 11.6 Å². The van der Waals surface area contributed by atoms with Gasteiger partial charge < -0.3 is 20.1 Å². The predicted molar refractivity (Wildman–Crippen MR) is 82.1 cm³/mol. The van der Waals surface area contributed by atoms with Crippen molar-refractivity contribution in [1.29, 1.82) is 0 Å². The van der Waals surface area contributed by atoms with Crippen LogP contribution in [0.4, 0.5) is 0 Å². The van der Waals surface area contributed by atoms with Crippen LogP contribution < -0.4 is 10.5 Å². The minimum absolute atomic E-state index is 0.0602. The molecule has 0 spiro atoms. The predicted octanol–water partition coefficient (Wildman–Crippen LogP) is 1.46. The van der Waals surface area contributed by atoms with Gasteiger partial charge in [-0.2, -0.15) is 0 Å². The number of carbonyl (C=O) groups excluding carboxylic acids is 2. The number of hydrogen-bond acceptors (Lipinski definition) is 4. The van der Waals surface area contributed by atoms with Gasteiger partial charge in [-0.15, -0.1) is 0 Å². The van der Waals surface area contributed by atoms with E-state index >= 15 is 0 Å². The van der Waals surface area contributed by atoms with E-state index in [1.807, 2.05) is 6.92 Å². The Hall–Kier alpha value is -1.79. The third-order valence-corrected chi connectivity index (χ3v) is 3.74. The molecule has 1 fully saturated rings. The van der Waals surface area contributed by atoms with Crippen LogP contribution in [0.15, 0.2) is 18.2 Å². The molecule has 2 N–H and O–H groups in total. The Labute approximate surface area is 134 Å². The van der Waals surface area contributed by atoms with E-state index in [0.29, 0.717) is 24.7 Å². The zero-order chi connectivity index (χ0) is 16.1. The Bertz CT molecular complexity index is 564. The van der Waals surface area contributed by atoms with Gasteiger partial charge in [0.05, 0.1) is 18.3 Å². The standard InChI is InChI=1S/C15H19ClN2O4/c1-2-11-8-18(5-6-21-11)14(19)9-22-13-7-10(16)3-4-12(13)15(17)20/h3-4,7,11H,2,5-6,8-9H2,1H3,(H2,17,20). The summed E-state index contributed by atoms with van der Waals surface area (Å²) in [7, 11) is 0. The molecule has 1 atom stereocenters. The van der Waals surface area contributed by atoms with Gasteiger partial charge in [0.2, 0.25) is 0 Å². The van der Waals surface area contributed by atoms with E-state index in [1.165, 1.54) is 12.1 Å². The van der Waals surface area contributed by atoms with Gasteiger partial charge in [0.25, 0.3) is 11.8 Å². The van der Waals surface area contributed by atoms with Crippen molar-refractivity contribution in [2.24, 2.45) is 5.73 Å². The van der Waals surface area contributed by atoms with Crippen molar-refractivity contribution < 1.29 is 19.1 Å². The molecule has 1 heterocycles. The number of benzene rings is 1. The maximum absolute atomic E-state index is 12.2. The molecule has 1 aliphatic heterocycles. The number of rotatable bonds is 5. The fourth-order valence-corrected chi connectivity index (χ4v) is 2.40. The number of carbonyl (C=O) groups is 2. The van der Waals surface area contributed by atoms with Gasteiger partial charge in [-0.05, 0) is 24.6 Å². The number of amides is 2. The van der Waals surface area contributed by atoms with Crippen molar-refractivity contribution in [2.75, 3.05) is 26.3 Å². The second-order valence-corrected chi connectivity index (χ2v) is 5.47. The van der Waals surface area contributed by atoms with Crippen LogP contribution in [0.3, 0.4) is 0 Å². The highest BCUT2D eigenvalue weighted by Gasteiger charge is 2.23. The summed E-state index contributed by atoms with van der Waals surface area (Å²) in [6.07, 6.45) is 0.912. The summed E-state index contributed by atoms with van der Waals surface area (Å²) in [5.74, 6) is -0.567. The number of halogens is 1. The SMILES string of the molecule is CCC1CN(C(=O)COc2cc(Cl)ccc2C(N)=O)CCO1. The normalized spacial score (nSPS) is 18.1. The van der Waals surface area contributed by atoms with Gasteiger partial charge in [-0.3, -0.25) is 9.59 Å². The molecule has 6 nitrogen and oxygen atoms in total. The van der Waals surface area contributed by atoms with Gasteiger partial charge >= 0.3 is 0 Å². The molecule has 2 rings (SSSR count). The Morgan fingerprint density at radius 1 is 1.50 bits per heavy atom. The van der Waals surface area contributed by atoms with Gasteiger partial charge in [0, 0.05) is 18.1 Å². The van der Waals surface area contributed by atoms with Crippen LogP contribution in [-0.2, 0) is 9.53 Å². The van der Waals surface area contributed by atoms with Gasteiger partial charge in [-0.1, -0.05) is 18.5 Å². The van der Waals surface area contributed by atoms with E-state index in [4.69, 9.17) is 26.8 Å². The molecule has 0 radical (unpaired) electrons. The van der Waals surface area contributed by atoms with Gasteiger partial charge in [0.1, 0.15) is 5.75 Å². The number of ether oxygens (including phenoxy) is 2. The molecule has 1 aliphatic rings. The fraction of sp³-hybridized carbons (Fsp3) is 0.467. The molecule has 1 aromatic rings. The molecule has 1 saturated heterocycles. The van der Waals surface area contributed by atoms with Crippen molar-refractivity contribution in [2.45, 2.75) is 19.4 Å². The van der Waals surface area contributed by atoms with Crippen molar-refractivity contribution in [1.82, 2.24) is 4.90 Å². The van der Waals surface area contributed by atoms with Crippen molar-refractivity contribution in [3.8, 4) is 5.75 Å². The highest BCUT2D eigenvalue weighted by atomic mass is 35.5. The van der Waals surface area contributed by atoms with Gasteiger partial charge in [-0.25, -0.2) is 0 Å². The first-order valence-electron chi connectivity index (χ1n) is 7.12. The average Bonchev–Trinajstić information content (AvgIpc) is 2.52. The zero-order valence-electron chi connectivity index (χ0n) is 12.4. The molecule has 0 aromatic heterocycles. The molecule has 1 aromatic carbocycles. The quantitative estimate of drug-likeness (QED) is 0.888. The van der Waals surface area contributed by atoms with Crippen LogP contribution in [0, 0.1) is 0 Å². The lowest BCUT2D eigenvalue weighted by Crippen LogP contribution is -2.47. The Kier molecular flexibility index (Phi) is 5.63. The second kappa shape index (κ2) is 7.47. The molecule has 0 aliphatic carbocycles. The van der Waals surface area contributed by atoms with E-state index in [-0.39, 0.29) is 29.9 Å². The molecule has 2 amide bonds. The van der Waals surface area contributed by atoms with Crippen LogP contribution in [0.25, 0.3) is 0 Å². The Balaban J connectivity index is 1.99. The highest BCUT2D eigenvalue weighted by Crippen LogP contribution is 2.23. The molecular weight excluding hydrogens is 308 g/mol. The third-order valence-electron chi connectivity index (χ3n) is 3.51. The lowest BCUT2D eigenvalue weighted by atomic mass is 10.2. The van der Waals surface area contributed by atoms with Gasteiger partial charge in [0.15, 0.2) is 6.61 Å². The van der Waals surface area contributed by atoms with Crippen LogP contribution in [0.2, 0.25) is 5.02 Å². The fourth-order valence-electron chi connectivity index (χ4n) is 2.24. The average molecular weight is 327 g/mol.